The van der Waals surface area contributed by atoms with Crippen molar-refractivity contribution < 1.29 is 21.6 Å². The van der Waals surface area contributed by atoms with Gasteiger partial charge in [0.15, 0.2) is 0 Å². The van der Waals surface area contributed by atoms with Gasteiger partial charge in [-0.2, -0.15) is 17.5 Å². The molecule has 0 aromatic heterocycles. The highest BCUT2D eigenvalue weighted by Crippen LogP contribution is 2.42. The molecular formula is C15H18F3IN2O2S. The molecule has 0 radical (unpaired) electrons. The van der Waals surface area contributed by atoms with Crippen LogP contribution in [0.3, 0.4) is 0 Å². The summed E-state index contributed by atoms with van der Waals surface area (Å²) < 4.78 is 66.8. The van der Waals surface area contributed by atoms with Crippen molar-refractivity contribution in [3.8, 4) is 0 Å². The van der Waals surface area contributed by atoms with Crippen LogP contribution in [0, 0.1) is 3.57 Å². The molecule has 24 heavy (non-hydrogen) atoms. The van der Waals surface area contributed by atoms with Crippen LogP contribution in [0.2, 0.25) is 0 Å². The predicted octanol–water partition coefficient (Wildman–Crippen LogP) is 3.17. The van der Waals surface area contributed by atoms with Crippen LogP contribution >= 0.6 is 22.6 Å². The molecule has 0 bridgehead atoms. The molecule has 0 atom stereocenters. The molecule has 9 heteroatoms. The maximum Gasteiger partial charge on any atom is 0.417 e. The summed E-state index contributed by atoms with van der Waals surface area (Å²) in [5.74, 6) is 0. The number of sulfonamides is 1. The van der Waals surface area contributed by atoms with Gasteiger partial charge in [-0.1, -0.05) is 0 Å². The molecule has 1 saturated carbocycles. The number of rotatable bonds is 3. The summed E-state index contributed by atoms with van der Waals surface area (Å²) in [4.78, 5) is 1.58. The Bertz CT molecular complexity index is 740. The van der Waals surface area contributed by atoms with E-state index in [4.69, 9.17) is 0 Å². The second kappa shape index (κ2) is 6.10. The van der Waals surface area contributed by atoms with E-state index >= 15 is 0 Å². The first kappa shape index (κ1) is 18.4. The van der Waals surface area contributed by atoms with Gasteiger partial charge in [-0.3, -0.25) is 4.90 Å². The van der Waals surface area contributed by atoms with E-state index in [-0.39, 0.29) is 18.6 Å². The van der Waals surface area contributed by atoms with E-state index in [0.29, 0.717) is 16.7 Å². The minimum atomic E-state index is -4.70. The normalized spacial score (nSPS) is 22.5. The predicted molar refractivity (Wildman–Crippen MR) is 92.1 cm³/mol. The van der Waals surface area contributed by atoms with Crippen molar-refractivity contribution in [2.45, 2.75) is 36.4 Å². The van der Waals surface area contributed by atoms with E-state index in [2.05, 4.69) is 11.8 Å². The fourth-order valence-corrected chi connectivity index (χ4v) is 5.16. The molecule has 134 valence electrons. The van der Waals surface area contributed by atoms with Crippen molar-refractivity contribution in [2.24, 2.45) is 0 Å². The van der Waals surface area contributed by atoms with E-state index < -0.39 is 26.7 Å². The fraction of sp³-hybridized carbons (Fsp3) is 0.600. The molecule has 0 spiro atoms. The first-order valence-corrected chi connectivity index (χ1v) is 10.2. The Morgan fingerprint density at radius 1 is 1.12 bits per heavy atom. The highest BCUT2D eigenvalue weighted by Gasteiger charge is 2.46. The zero-order valence-electron chi connectivity index (χ0n) is 13.1. The summed E-state index contributed by atoms with van der Waals surface area (Å²) in [5.41, 5.74) is -0.943. The van der Waals surface area contributed by atoms with Crippen molar-refractivity contribution >= 4 is 32.6 Å². The van der Waals surface area contributed by atoms with Crippen molar-refractivity contribution in [1.82, 2.24) is 9.21 Å². The Morgan fingerprint density at radius 3 is 2.21 bits per heavy atom. The monoisotopic (exact) mass is 474 g/mol. The SMILES string of the molecule is CC1(N2CCN(S(=O)(=O)c3ccc(I)cc3C(F)(F)F)CC2)CC1. The number of benzene rings is 1. The zero-order valence-corrected chi connectivity index (χ0v) is 16.1. The van der Waals surface area contributed by atoms with Gasteiger partial charge < -0.3 is 0 Å². The molecule has 1 aliphatic carbocycles. The van der Waals surface area contributed by atoms with Crippen LogP contribution in [-0.4, -0.2) is 49.3 Å². The number of halogens is 4. The third kappa shape index (κ3) is 3.45. The summed E-state index contributed by atoms with van der Waals surface area (Å²) in [6, 6.07) is 3.34. The standard InChI is InChI=1S/C15H18F3IN2O2S/c1-14(4-5-14)20-6-8-21(9-7-20)24(22,23)13-3-2-11(19)10-12(13)15(16,17)18/h2-3,10H,4-9H2,1H3. The molecule has 1 heterocycles. The molecule has 4 nitrogen and oxygen atoms in total. The number of alkyl halides is 3. The Kier molecular flexibility index (Phi) is 4.68. The smallest absolute Gasteiger partial charge is 0.295 e. The molecule has 0 amide bonds. The van der Waals surface area contributed by atoms with E-state index in [1.807, 2.05) is 0 Å². The topological polar surface area (TPSA) is 40.6 Å². The lowest BCUT2D eigenvalue weighted by Crippen LogP contribution is -2.52. The molecule has 1 aromatic carbocycles. The van der Waals surface area contributed by atoms with Crippen LogP contribution in [0.15, 0.2) is 23.1 Å². The van der Waals surface area contributed by atoms with Gasteiger partial charge in [0.1, 0.15) is 0 Å². The van der Waals surface area contributed by atoms with Crippen LogP contribution in [0.4, 0.5) is 13.2 Å². The molecular weight excluding hydrogens is 456 g/mol. The fourth-order valence-electron chi connectivity index (χ4n) is 3.05. The summed E-state index contributed by atoms with van der Waals surface area (Å²) in [7, 11) is -4.16. The molecule has 2 fully saturated rings. The summed E-state index contributed by atoms with van der Waals surface area (Å²) >= 11 is 1.75. The second-order valence-electron chi connectivity index (χ2n) is 6.53. The largest absolute Gasteiger partial charge is 0.417 e. The number of hydrogen-bond donors (Lipinski definition) is 0. The van der Waals surface area contributed by atoms with Crippen molar-refractivity contribution in [1.29, 1.82) is 0 Å². The van der Waals surface area contributed by atoms with Crippen LogP contribution in [-0.2, 0) is 16.2 Å². The van der Waals surface area contributed by atoms with E-state index in [0.717, 1.165) is 25.0 Å². The number of piperazine rings is 1. The molecule has 0 unspecified atom stereocenters. The second-order valence-corrected chi connectivity index (χ2v) is 9.68. The molecule has 1 saturated heterocycles. The van der Waals surface area contributed by atoms with E-state index in [9.17, 15) is 21.6 Å². The molecule has 0 N–H and O–H groups in total. The lowest BCUT2D eigenvalue weighted by atomic mass is 10.2. The summed E-state index contributed by atoms with van der Waals surface area (Å²) in [6.07, 6.45) is -2.52. The summed E-state index contributed by atoms with van der Waals surface area (Å²) in [6.45, 7) is 3.70. The van der Waals surface area contributed by atoms with Gasteiger partial charge in [-0.25, -0.2) is 8.42 Å². The Labute approximate surface area is 153 Å². The highest BCUT2D eigenvalue weighted by atomic mass is 127. The van der Waals surface area contributed by atoms with Gasteiger partial charge in [0, 0.05) is 35.3 Å². The van der Waals surface area contributed by atoms with Crippen molar-refractivity contribution in [3.05, 3.63) is 27.3 Å². The molecule has 2 aliphatic rings. The van der Waals surface area contributed by atoms with Crippen LogP contribution in [0.5, 0.6) is 0 Å². The van der Waals surface area contributed by atoms with Crippen LogP contribution in [0.1, 0.15) is 25.3 Å². The van der Waals surface area contributed by atoms with Gasteiger partial charge in [0.05, 0.1) is 10.5 Å². The van der Waals surface area contributed by atoms with Gasteiger partial charge in [0.2, 0.25) is 10.0 Å². The third-order valence-corrected chi connectivity index (χ3v) is 7.47. The van der Waals surface area contributed by atoms with Crippen LogP contribution in [0.25, 0.3) is 0 Å². The van der Waals surface area contributed by atoms with Gasteiger partial charge in [-0.15, -0.1) is 0 Å². The van der Waals surface area contributed by atoms with Crippen molar-refractivity contribution in [3.63, 3.8) is 0 Å². The molecule has 1 aliphatic heterocycles. The average Bonchev–Trinajstić information content (AvgIpc) is 3.25. The molecule has 3 rings (SSSR count). The lowest BCUT2D eigenvalue weighted by molar-refractivity contribution is -0.140. The van der Waals surface area contributed by atoms with E-state index in [1.54, 1.807) is 22.6 Å². The summed E-state index contributed by atoms with van der Waals surface area (Å²) in [5, 5.41) is 0. The minimum absolute atomic E-state index is 0.149. The Hall–Kier alpha value is -0.390. The number of nitrogens with zero attached hydrogens (tertiary/aromatic N) is 2. The van der Waals surface area contributed by atoms with Gasteiger partial charge in [-0.05, 0) is 60.6 Å². The van der Waals surface area contributed by atoms with Gasteiger partial charge in [0.25, 0.3) is 0 Å². The Morgan fingerprint density at radius 2 is 1.71 bits per heavy atom. The van der Waals surface area contributed by atoms with E-state index in [1.165, 1.54) is 10.4 Å². The maximum absolute atomic E-state index is 13.3. The number of hydrogen-bond acceptors (Lipinski definition) is 3. The van der Waals surface area contributed by atoms with Crippen LogP contribution < -0.4 is 0 Å². The zero-order chi connectivity index (χ0) is 17.8. The minimum Gasteiger partial charge on any atom is -0.295 e. The van der Waals surface area contributed by atoms with Gasteiger partial charge >= 0.3 is 6.18 Å². The third-order valence-electron chi connectivity index (χ3n) is 4.84. The average molecular weight is 474 g/mol. The van der Waals surface area contributed by atoms with Crippen molar-refractivity contribution in [2.75, 3.05) is 26.2 Å². The Balaban J connectivity index is 1.86. The molecule has 1 aromatic rings. The maximum atomic E-state index is 13.3. The highest BCUT2D eigenvalue weighted by molar-refractivity contribution is 14.1. The first-order valence-electron chi connectivity index (χ1n) is 7.66. The lowest BCUT2D eigenvalue weighted by Gasteiger charge is -2.38. The first-order chi connectivity index (χ1) is 11.0. The quantitative estimate of drug-likeness (QED) is 0.633.